The lowest BCUT2D eigenvalue weighted by Gasteiger charge is -2.29. The first-order valence-electron chi connectivity index (χ1n) is 5.65. The van der Waals surface area contributed by atoms with Gasteiger partial charge in [-0.05, 0) is 25.5 Å². The minimum Gasteiger partial charge on any atom is -0.368 e. The third-order valence-corrected chi connectivity index (χ3v) is 3.77. The lowest BCUT2D eigenvalue weighted by Crippen LogP contribution is -2.51. The molecule has 1 aromatic heterocycles. The lowest BCUT2D eigenvalue weighted by molar-refractivity contribution is 0.297. The van der Waals surface area contributed by atoms with Crippen molar-refractivity contribution in [2.24, 2.45) is 5.92 Å². The van der Waals surface area contributed by atoms with Crippen molar-refractivity contribution in [3.63, 3.8) is 0 Å². The number of pyridine rings is 1. The lowest BCUT2D eigenvalue weighted by atomic mass is 9.96. The molecule has 80 valence electrons. The maximum absolute atomic E-state index is 4.43. The summed E-state index contributed by atoms with van der Waals surface area (Å²) in [5, 5.41) is 3.47. The molecule has 0 spiro atoms. The summed E-state index contributed by atoms with van der Waals surface area (Å²) in [5.41, 5.74) is 3.72. The predicted octanol–water partition coefficient (Wildman–Crippen LogP) is 1.11. The van der Waals surface area contributed by atoms with Crippen LogP contribution in [0.2, 0.25) is 0 Å². The fourth-order valence-electron chi connectivity index (χ4n) is 2.46. The van der Waals surface area contributed by atoms with Gasteiger partial charge in [0.25, 0.3) is 0 Å². The van der Waals surface area contributed by atoms with Crippen LogP contribution in [0.15, 0.2) is 12.3 Å². The number of aryl methyl sites for hydroxylation is 2. The molecule has 0 unspecified atom stereocenters. The first kappa shape index (κ1) is 9.16. The number of anilines is 1. The maximum atomic E-state index is 4.43. The van der Waals surface area contributed by atoms with Crippen molar-refractivity contribution in [1.82, 2.24) is 10.3 Å². The van der Waals surface area contributed by atoms with E-state index in [1.165, 1.54) is 24.3 Å². The van der Waals surface area contributed by atoms with Crippen LogP contribution in [0.5, 0.6) is 0 Å². The van der Waals surface area contributed by atoms with Crippen LogP contribution in [0.25, 0.3) is 0 Å². The van der Waals surface area contributed by atoms with Crippen LogP contribution in [-0.4, -0.2) is 30.7 Å². The fourth-order valence-corrected chi connectivity index (χ4v) is 2.46. The topological polar surface area (TPSA) is 28.2 Å². The summed E-state index contributed by atoms with van der Waals surface area (Å²) < 4.78 is 0. The quantitative estimate of drug-likeness (QED) is 0.741. The van der Waals surface area contributed by atoms with Crippen molar-refractivity contribution in [3.05, 3.63) is 23.5 Å². The van der Waals surface area contributed by atoms with Crippen LogP contribution in [0, 0.1) is 19.8 Å². The van der Waals surface area contributed by atoms with Crippen molar-refractivity contribution in [1.29, 1.82) is 0 Å². The summed E-state index contributed by atoms with van der Waals surface area (Å²) in [5.74, 6) is 0.867. The normalized spacial score (nSPS) is 28.8. The molecule has 0 aromatic carbocycles. The zero-order chi connectivity index (χ0) is 10.4. The van der Waals surface area contributed by atoms with Gasteiger partial charge in [-0.25, -0.2) is 0 Å². The van der Waals surface area contributed by atoms with E-state index in [0.29, 0.717) is 0 Å². The Morgan fingerprint density at radius 3 is 2.80 bits per heavy atom. The highest BCUT2D eigenvalue weighted by molar-refractivity contribution is 5.49. The molecular formula is C12H17N3. The molecule has 2 saturated heterocycles. The van der Waals surface area contributed by atoms with Crippen LogP contribution in [-0.2, 0) is 0 Å². The third-order valence-electron chi connectivity index (χ3n) is 3.77. The van der Waals surface area contributed by atoms with E-state index >= 15 is 0 Å². The monoisotopic (exact) mass is 203 g/mol. The predicted molar refractivity (Wildman–Crippen MR) is 61.2 cm³/mol. The number of nitrogens with one attached hydrogen (secondary N) is 1. The van der Waals surface area contributed by atoms with Crippen molar-refractivity contribution in [2.45, 2.75) is 19.9 Å². The largest absolute Gasteiger partial charge is 0.368 e. The van der Waals surface area contributed by atoms with Crippen molar-refractivity contribution >= 4 is 5.69 Å². The zero-order valence-electron chi connectivity index (χ0n) is 9.33. The molecule has 3 heterocycles. The number of hydrogen-bond donors (Lipinski definition) is 1. The number of fused-ring (bicyclic) bond motifs is 1. The van der Waals surface area contributed by atoms with Crippen molar-refractivity contribution in [2.75, 3.05) is 24.5 Å². The Morgan fingerprint density at radius 1 is 1.40 bits per heavy atom. The number of rotatable bonds is 1. The Labute approximate surface area is 90.5 Å². The van der Waals surface area contributed by atoms with E-state index in [2.05, 4.69) is 35.1 Å². The average molecular weight is 203 g/mol. The van der Waals surface area contributed by atoms with Crippen LogP contribution in [0.1, 0.15) is 11.3 Å². The van der Waals surface area contributed by atoms with Gasteiger partial charge in [0.05, 0.1) is 11.9 Å². The minimum absolute atomic E-state index is 0.728. The Bertz CT molecular complexity index is 376. The number of hydrogen-bond acceptors (Lipinski definition) is 3. The average Bonchev–Trinajstić information content (AvgIpc) is 2.48. The van der Waals surface area contributed by atoms with Crippen LogP contribution >= 0.6 is 0 Å². The second kappa shape index (κ2) is 3.20. The van der Waals surface area contributed by atoms with Gasteiger partial charge in [0.1, 0.15) is 0 Å². The molecule has 0 aliphatic carbocycles. The summed E-state index contributed by atoms with van der Waals surface area (Å²) in [6.07, 6.45) is 2.01. The van der Waals surface area contributed by atoms with Gasteiger partial charge in [0.2, 0.25) is 0 Å². The standard InChI is InChI=1S/C12H17N3/c1-8-3-11(5-13-9(8)2)15-6-10-4-14-12(10)7-15/h3,5,10,12,14H,4,6-7H2,1-2H3/t10-,12+/m1/s1. The molecule has 3 rings (SSSR count). The Kier molecular flexibility index (Phi) is 1.96. The molecule has 0 radical (unpaired) electrons. The smallest absolute Gasteiger partial charge is 0.0556 e. The van der Waals surface area contributed by atoms with Gasteiger partial charge in [-0.2, -0.15) is 0 Å². The zero-order valence-corrected chi connectivity index (χ0v) is 9.33. The van der Waals surface area contributed by atoms with Gasteiger partial charge in [-0.1, -0.05) is 0 Å². The van der Waals surface area contributed by atoms with Crippen LogP contribution in [0.3, 0.4) is 0 Å². The van der Waals surface area contributed by atoms with E-state index in [9.17, 15) is 0 Å². The van der Waals surface area contributed by atoms with Crippen LogP contribution in [0.4, 0.5) is 5.69 Å². The van der Waals surface area contributed by atoms with E-state index in [1.807, 2.05) is 6.20 Å². The van der Waals surface area contributed by atoms with Crippen LogP contribution < -0.4 is 10.2 Å². The molecule has 15 heavy (non-hydrogen) atoms. The first-order valence-corrected chi connectivity index (χ1v) is 5.65. The molecule has 2 fully saturated rings. The maximum Gasteiger partial charge on any atom is 0.0556 e. The number of nitrogens with zero attached hydrogens (tertiary/aromatic N) is 2. The van der Waals surface area contributed by atoms with E-state index in [-0.39, 0.29) is 0 Å². The summed E-state index contributed by atoms with van der Waals surface area (Å²) in [7, 11) is 0. The molecule has 0 bridgehead atoms. The molecule has 0 saturated carbocycles. The minimum atomic E-state index is 0.728. The van der Waals surface area contributed by atoms with Crippen molar-refractivity contribution < 1.29 is 0 Å². The van der Waals surface area contributed by atoms with Gasteiger partial charge < -0.3 is 10.2 Å². The highest BCUT2D eigenvalue weighted by Crippen LogP contribution is 2.28. The summed E-state index contributed by atoms with van der Waals surface area (Å²) in [6, 6.07) is 2.99. The van der Waals surface area contributed by atoms with E-state index < -0.39 is 0 Å². The SMILES string of the molecule is Cc1cc(N2C[C@H]3CN[C@H]3C2)cnc1C. The molecule has 3 heteroatoms. The summed E-state index contributed by atoms with van der Waals surface area (Å²) in [6.45, 7) is 7.74. The van der Waals surface area contributed by atoms with E-state index in [0.717, 1.165) is 24.2 Å². The highest BCUT2D eigenvalue weighted by atomic mass is 15.2. The van der Waals surface area contributed by atoms with Gasteiger partial charge in [0, 0.05) is 37.3 Å². The summed E-state index contributed by atoms with van der Waals surface area (Å²) in [4.78, 5) is 6.88. The van der Waals surface area contributed by atoms with Gasteiger partial charge in [-0.3, -0.25) is 4.98 Å². The molecule has 1 N–H and O–H groups in total. The Balaban J connectivity index is 1.84. The Hall–Kier alpha value is -1.09. The molecule has 1 aromatic rings. The molecule has 2 aliphatic heterocycles. The van der Waals surface area contributed by atoms with Crippen molar-refractivity contribution in [3.8, 4) is 0 Å². The number of aromatic nitrogens is 1. The second-order valence-corrected chi connectivity index (χ2v) is 4.78. The van der Waals surface area contributed by atoms with Gasteiger partial charge >= 0.3 is 0 Å². The Morgan fingerprint density at radius 2 is 2.27 bits per heavy atom. The summed E-state index contributed by atoms with van der Waals surface area (Å²) >= 11 is 0. The first-order chi connectivity index (χ1) is 7.24. The van der Waals surface area contributed by atoms with E-state index in [1.54, 1.807) is 0 Å². The van der Waals surface area contributed by atoms with Gasteiger partial charge in [-0.15, -0.1) is 0 Å². The molecule has 2 aliphatic rings. The van der Waals surface area contributed by atoms with Gasteiger partial charge in [0.15, 0.2) is 0 Å². The molecule has 2 atom stereocenters. The molecule has 0 amide bonds. The van der Waals surface area contributed by atoms with E-state index in [4.69, 9.17) is 0 Å². The molecule has 3 nitrogen and oxygen atoms in total. The fraction of sp³-hybridized carbons (Fsp3) is 0.583. The highest BCUT2D eigenvalue weighted by Gasteiger charge is 2.39. The molecular weight excluding hydrogens is 186 g/mol. The second-order valence-electron chi connectivity index (χ2n) is 4.78. The third kappa shape index (κ3) is 1.42.